The molecule has 0 fully saturated rings. The Hall–Kier alpha value is -12.9. The average Bonchev–Trinajstić information content (AvgIpc) is 1.56. The van der Waals surface area contributed by atoms with Crippen molar-refractivity contribution in [1.29, 1.82) is 0 Å². The van der Waals surface area contributed by atoms with Crippen LogP contribution in [0.5, 0.6) is 0 Å². The molecule has 2 unspecified atom stereocenters. The Morgan fingerprint density at radius 3 is 1.10 bits per heavy atom. The molecule has 2 aliphatic rings. The highest BCUT2D eigenvalue weighted by Gasteiger charge is 2.47. The van der Waals surface area contributed by atoms with Crippen LogP contribution in [0.15, 0.2) is 371 Å². The van der Waals surface area contributed by atoms with Crippen molar-refractivity contribution >= 4 is 67.8 Å². The van der Waals surface area contributed by atoms with Crippen LogP contribution in [-0.2, 0) is 23.7 Å². The Bertz CT molecular complexity index is 6010. The molecule has 16 aromatic rings. The molecule has 0 amide bonds. The normalized spacial score (nSPS) is 14.7. The third-order valence-electron chi connectivity index (χ3n) is 22.6. The molecule has 0 radical (unpaired) electrons. The van der Waals surface area contributed by atoms with Crippen molar-refractivity contribution in [2.45, 2.75) is 44.4 Å². The molecule has 2 nitrogen and oxygen atoms in total. The molecule has 0 aromatic heterocycles. The second-order valence-electron chi connectivity index (χ2n) is 28.6. The van der Waals surface area contributed by atoms with Gasteiger partial charge in [-0.25, -0.2) is 0 Å². The van der Waals surface area contributed by atoms with Gasteiger partial charge in [0.05, 0.1) is 22.2 Å². The third-order valence-corrected chi connectivity index (χ3v) is 22.6. The number of hydrogen-bond acceptors (Lipinski definition) is 2. The molecule has 18 rings (SSSR count). The van der Waals surface area contributed by atoms with Gasteiger partial charge in [0, 0.05) is 33.5 Å². The largest absolute Gasteiger partial charge is 0.310 e. The predicted molar refractivity (Wildman–Crippen MR) is 445 cm³/mol. The Balaban J connectivity index is 0.816. The van der Waals surface area contributed by atoms with Gasteiger partial charge in [-0.15, -0.1) is 0 Å². The molecular formula is C103H78N2. The standard InChI is InChI=1S/C103H78N2/c1-6-72-37-41-74(42-38-72)67-102(80-49-34-69(3)35-50-80)96-32-20-18-28-89(96)91-57-55-83(65-98(91)102)104(81-51-45-78(46-52-81)76-22-10-8-11-23-76)100-62-59-87(85-26-14-16-30-93(85)100)88-60-63-101(94-31-17-15-27-86(88)94)105(82-53-47-79(48-54-82)77-24-12-9-13-25-77)84-56-58-92-90-29-19-21-33-97(90)103(99(92)66-84,95-61-36-70(4)64-71(95)5)68-75-43-39-73(7-2)40-44-75/h6-66H,1-2,67-68H2,3-5H3. The Kier molecular flexibility index (Phi) is 16.2. The minimum absolute atomic E-state index is 0.509. The Morgan fingerprint density at radius 2 is 0.638 bits per heavy atom. The van der Waals surface area contributed by atoms with Gasteiger partial charge in [0.2, 0.25) is 0 Å². The van der Waals surface area contributed by atoms with Gasteiger partial charge in [-0.05, 0) is 222 Å². The highest BCUT2D eigenvalue weighted by Crippen LogP contribution is 2.59. The maximum absolute atomic E-state index is 4.12. The van der Waals surface area contributed by atoms with Crippen LogP contribution in [-0.4, -0.2) is 0 Å². The fraction of sp³-hybridized carbons (Fsp3) is 0.0680. The van der Waals surface area contributed by atoms with E-state index in [0.717, 1.165) is 90.8 Å². The topological polar surface area (TPSA) is 6.48 Å². The van der Waals surface area contributed by atoms with E-state index in [2.05, 4.69) is 402 Å². The van der Waals surface area contributed by atoms with Gasteiger partial charge in [-0.3, -0.25) is 0 Å². The van der Waals surface area contributed by atoms with Crippen molar-refractivity contribution in [3.63, 3.8) is 0 Å². The lowest BCUT2D eigenvalue weighted by atomic mass is 9.67. The van der Waals surface area contributed by atoms with Crippen LogP contribution in [0.3, 0.4) is 0 Å². The molecule has 0 heterocycles. The number of hydrogen-bond donors (Lipinski definition) is 0. The second-order valence-corrected chi connectivity index (χ2v) is 28.6. The summed E-state index contributed by atoms with van der Waals surface area (Å²) in [6.45, 7) is 14.9. The molecule has 2 aliphatic carbocycles. The van der Waals surface area contributed by atoms with Gasteiger partial charge < -0.3 is 9.80 Å². The SMILES string of the molecule is C=Cc1ccc(CC2(c3ccc(C)cc3)c3ccccc3-c3ccc(N(c4ccc(-c5ccccc5)cc4)c4ccc(-c5ccc(N(c6ccc(-c7ccccc7)cc6)c6ccc7c(c6)C(Cc6ccc(C=C)cc6)(c6ccc(C)cc6C)c6ccccc6-7)c6ccccc56)c5ccccc45)cc32)cc1. The summed E-state index contributed by atoms with van der Waals surface area (Å²) in [6.07, 6.45) is 5.42. The number of benzene rings is 16. The summed E-state index contributed by atoms with van der Waals surface area (Å²) < 4.78 is 0. The van der Waals surface area contributed by atoms with Crippen molar-refractivity contribution in [2.75, 3.05) is 9.80 Å². The molecule has 16 aromatic carbocycles. The third kappa shape index (κ3) is 11.0. The quantitative estimate of drug-likeness (QED) is 0.0896. The van der Waals surface area contributed by atoms with Gasteiger partial charge in [-0.1, -0.05) is 334 Å². The Morgan fingerprint density at radius 1 is 0.267 bits per heavy atom. The number of fused-ring (bicyclic) bond motifs is 8. The van der Waals surface area contributed by atoms with E-state index in [9.17, 15) is 0 Å². The molecule has 0 saturated carbocycles. The smallest absolute Gasteiger partial charge is 0.0540 e. The summed E-state index contributed by atoms with van der Waals surface area (Å²) in [7, 11) is 0. The summed E-state index contributed by atoms with van der Waals surface area (Å²) in [5.41, 5.74) is 33.9. The van der Waals surface area contributed by atoms with E-state index in [0.29, 0.717) is 0 Å². The molecule has 105 heavy (non-hydrogen) atoms. The summed E-state index contributed by atoms with van der Waals surface area (Å²) >= 11 is 0. The molecule has 0 saturated heterocycles. The number of anilines is 6. The molecule has 0 N–H and O–H groups in total. The molecule has 0 spiro atoms. The number of aryl methyl sites for hydroxylation is 3. The van der Waals surface area contributed by atoms with E-state index in [-0.39, 0.29) is 0 Å². The first-order chi connectivity index (χ1) is 51.6. The second kappa shape index (κ2) is 26.5. The molecule has 0 aliphatic heterocycles. The van der Waals surface area contributed by atoms with Gasteiger partial charge in [0.15, 0.2) is 0 Å². The lowest BCUT2D eigenvalue weighted by Crippen LogP contribution is -2.31. The highest BCUT2D eigenvalue weighted by molar-refractivity contribution is 6.13. The van der Waals surface area contributed by atoms with E-state index in [1.807, 2.05) is 12.2 Å². The first-order valence-corrected chi connectivity index (χ1v) is 36.7. The van der Waals surface area contributed by atoms with Gasteiger partial charge in [0.1, 0.15) is 0 Å². The van der Waals surface area contributed by atoms with Crippen molar-refractivity contribution in [2.24, 2.45) is 0 Å². The van der Waals surface area contributed by atoms with Gasteiger partial charge in [-0.2, -0.15) is 0 Å². The molecule has 2 atom stereocenters. The average molecular weight is 1340 g/mol. The minimum Gasteiger partial charge on any atom is -0.310 e. The van der Waals surface area contributed by atoms with E-state index in [1.165, 1.54) is 106 Å². The lowest BCUT2D eigenvalue weighted by molar-refractivity contribution is 0.625. The van der Waals surface area contributed by atoms with Crippen LogP contribution in [0.2, 0.25) is 0 Å². The maximum Gasteiger partial charge on any atom is 0.0540 e. The van der Waals surface area contributed by atoms with Crippen LogP contribution in [0.4, 0.5) is 34.1 Å². The van der Waals surface area contributed by atoms with Crippen LogP contribution >= 0.6 is 0 Å². The monoisotopic (exact) mass is 1340 g/mol. The first-order valence-electron chi connectivity index (χ1n) is 36.7. The zero-order valence-electron chi connectivity index (χ0n) is 59.4. The summed E-state index contributed by atoms with van der Waals surface area (Å²) in [5, 5.41) is 4.63. The van der Waals surface area contributed by atoms with Crippen LogP contribution in [0.1, 0.15) is 72.3 Å². The molecular weight excluding hydrogens is 1270 g/mol. The molecule has 0 bridgehead atoms. The fourth-order valence-electron chi connectivity index (χ4n) is 17.6. The molecule has 2 heteroatoms. The summed E-state index contributed by atoms with van der Waals surface area (Å²) in [6, 6.07) is 135. The van der Waals surface area contributed by atoms with Crippen molar-refractivity contribution in [1.82, 2.24) is 0 Å². The summed E-state index contributed by atoms with van der Waals surface area (Å²) in [5.74, 6) is 0. The highest BCUT2D eigenvalue weighted by atomic mass is 15.2. The fourth-order valence-corrected chi connectivity index (χ4v) is 17.6. The van der Waals surface area contributed by atoms with E-state index in [1.54, 1.807) is 0 Å². The van der Waals surface area contributed by atoms with Crippen LogP contribution in [0, 0.1) is 20.8 Å². The Labute approximate surface area is 617 Å². The van der Waals surface area contributed by atoms with Gasteiger partial charge in [0.25, 0.3) is 0 Å². The van der Waals surface area contributed by atoms with Crippen LogP contribution in [0.25, 0.3) is 89.3 Å². The number of rotatable bonds is 17. The zero-order chi connectivity index (χ0) is 70.8. The minimum atomic E-state index is -0.518. The van der Waals surface area contributed by atoms with E-state index >= 15 is 0 Å². The van der Waals surface area contributed by atoms with Crippen molar-refractivity contribution in [3.05, 3.63) is 443 Å². The van der Waals surface area contributed by atoms with E-state index in [4.69, 9.17) is 0 Å². The first kappa shape index (κ1) is 64.2. The summed E-state index contributed by atoms with van der Waals surface area (Å²) in [4.78, 5) is 5.02. The lowest BCUT2D eigenvalue weighted by Gasteiger charge is -2.36. The predicted octanol–water partition coefficient (Wildman–Crippen LogP) is 27.3. The number of nitrogens with zero attached hydrogens (tertiary/aromatic N) is 2. The van der Waals surface area contributed by atoms with Crippen molar-refractivity contribution < 1.29 is 0 Å². The van der Waals surface area contributed by atoms with Crippen molar-refractivity contribution in [3.8, 4) is 55.6 Å². The van der Waals surface area contributed by atoms with Gasteiger partial charge >= 0.3 is 0 Å². The molecule has 500 valence electrons. The maximum atomic E-state index is 4.12. The van der Waals surface area contributed by atoms with E-state index < -0.39 is 10.8 Å². The zero-order valence-corrected chi connectivity index (χ0v) is 59.4. The van der Waals surface area contributed by atoms with Crippen LogP contribution < -0.4 is 9.80 Å².